The number of anilines is 1. The van der Waals surface area contributed by atoms with Crippen molar-refractivity contribution in [1.82, 2.24) is 4.90 Å². The van der Waals surface area contributed by atoms with E-state index in [4.69, 9.17) is 10.5 Å². The van der Waals surface area contributed by atoms with E-state index >= 15 is 0 Å². The van der Waals surface area contributed by atoms with Crippen LogP contribution in [0.3, 0.4) is 0 Å². The minimum absolute atomic E-state index is 0.120. The number of rotatable bonds is 8. The summed E-state index contributed by atoms with van der Waals surface area (Å²) in [7, 11) is 0. The van der Waals surface area contributed by atoms with E-state index in [-0.39, 0.29) is 5.97 Å². The van der Waals surface area contributed by atoms with Gasteiger partial charge in [-0.2, -0.15) is 0 Å². The third kappa shape index (κ3) is 5.61. The Bertz CT molecular complexity index is 403. The first kappa shape index (κ1) is 16.5. The molecule has 0 saturated carbocycles. The summed E-state index contributed by atoms with van der Waals surface area (Å²) in [4.78, 5) is 13.7. The Morgan fingerprint density at radius 3 is 2.50 bits per heavy atom. The van der Waals surface area contributed by atoms with Crippen LogP contribution < -0.4 is 5.73 Å². The predicted molar refractivity (Wildman–Crippen MR) is 82.5 cm³/mol. The third-order valence-corrected chi connectivity index (χ3v) is 3.45. The molecule has 4 nitrogen and oxygen atoms in total. The molecule has 4 heteroatoms. The second-order valence-corrected chi connectivity index (χ2v) is 4.98. The molecule has 1 aromatic rings. The molecule has 2 N–H and O–H groups in total. The van der Waals surface area contributed by atoms with Gasteiger partial charge in [0.05, 0.1) is 13.0 Å². The van der Waals surface area contributed by atoms with Crippen molar-refractivity contribution in [2.75, 3.05) is 25.4 Å². The number of likely N-dealkylation sites (N-methyl/N-ethyl adjacent to an activating group) is 1. The van der Waals surface area contributed by atoms with E-state index in [1.54, 1.807) is 0 Å². The second-order valence-electron chi connectivity index (χ2n) is 4.98. The molecule has 0 amide bonds. The van der Waals surface area contributed by atoms with Gasteiger partial charge in [0.2, 0.25) is 0 Å². The molecule has 0 aromatic heterocycles. The van der Waals surface area contributed by atoms with E-state index in [1.807, 2.05) is 19.1 Å². The van der Waals surface area contributed by atoms with E-state index < -0.39 is 0 Å². The maximum absolute atomic E-state index is 11.4. The first-order chi connectivity index (χ1) is 9.56. The molecule has 112 valence electrons. The van der Waals surface area contributed by atoms with Crippen molar-refractivity contribution in [2.45, 2.75) is 39.7 Å². The zero-order valence-electron chi connectivity index (χ0n) is 12.8. The minimum atomic E-state index is -0.120. The Morgan fingerprint density at radius 2 is 1.95 bits per heavy atom. The zero-order valence-corrected chi connectivity index (χ0v) is 12.8. The third-order valence-electron chi connectivity index (χ3n) is 3.45. The first-order valence-electron chi connectivity index (χ1n) is 7.30. The number of carbonyl (C=O) groups is 1. The summed E-state index contributed by atoms with van der Waals surface area (Å²) in [5.41, 5.74) is 7.74. The highest BCUT2D eigenvalue weighted by Gasteiger charge is 2.14. The number of hydrogen-bond acceptors (Lipinski definition) is 4. The maximum Gasteiger partial charge on any atom is 0.307 e. The largest absolute Gasteiger partial charge is 0.466 e. The van der Waals surface area contributed by atoms with Crippen LogP contribution in [0.5, 0.6) is 0 Å². The van der Waals surface area contributed by atoms with Crippen LogP contribution in [0.25, 0.3) is 0 Å². The fourth-order valence-corrected chi connectivity index (χ4v) is 2.28. The highest BCUT2D eigenvalue weighted by molar-refractivity contribution is 5.69. The van der Waals surface area contributed by atoms with Crippen LogP contribution >= 0.6 is 0 Å². The molecule has 0 saturated heterocycles. The minimum Gasteiger partial charge on any atom is -0.466 e. The molecule has 20 heavy (non-hydrogen) atoms. The lowest BCUT2D eigenvalue weighted by atomic mass is 10.1. The molecule has 1 unspecified atom stereocenters. The van der Waals surface area contributed by atoms with Gasteiger partial charge < -0.3 is 15.4 Å². The lowest BCUT2D eigenvalue weighted by molar-refractivity contribution is -0.143. The van der Waals surface area contributed by atoms with Crippen LogP contribution in [0.1, 0.15) is 32.8 Å². The Morgan fingerprint density at radius 1 is 1.30 bits per heavy atom. The standard InChI is InChI=1S/C16H26N2O2/c1-4-18(11-10-16(19)20-5-2)13(3)12-14-6-8-15(17)9-7-14/h6-9,13H,4-5,10-12,17H2,1-3H3. The van der Waals surface area contributed by atoms with E-state index in [0.717, 1.165) is 25.2 Å². The lowest BCUT2D eigenvalue weighted by Gasteiger charge is -2.27. The van der Waals surface area contributed by atoms with E-state index in [2.05, 4.69) is 30.9 Å². The van der Waals surface area contributed by atoms with E-state index in [0.29, 0.717) is 19.1 Å². The molecule has 0 aliphatic heterocycles. The number of esters is 1. The SMILES string of the molecule is CCOC(=O)CCN(CC)C(C)Cc1ccc(N)cc1. The number of nitrogens with two attached hydrogens (primary N) is 1. The summed E-state index contributed by atoms with van der Waals surface area (Å²) < 4.78 is 4.97. The Kier molecular flexibility index (Phi) is 7.09. The average Bonchev–Trinajstić information content (AvgIpc) is 2.42. The molecule has 0 radical (unpaired) electrons. The maximum atomic E-state index is 11.4. The van der Waals surface area contributed by atoms with Gasteiger partial charge in [-0.15, -0.1) is 0 Å². The van der Waals surface area contributed by atoms with Gasteiger partial charge in [0.25, 0.3) is 0 Å². The summed E-state index contributed by atoms with van der Waals surface area (Å²) in [6.45, 7) is 8.25. The van der Waals surface area contributed by atoms with E-state index in [9.17, 15) is 4.79 Å². The molecule has 0 aliphatic carbocycles. The first-order valence-corrected chi connectivity index (χ1v) is 7.30. The van der Waals surface area contributed by atoms with Gasteiger partial charge >= 0.3 is 5.97 Å². The van der Waals surface area contributed by atoms with Crippen LogP contribution in [0.15, 0.2) is 24.3 Å². The van der Waals surface area contributed by atoms with E-state index in [1.165, 1.54) is 5.56 Å². The number of hydrogen-bond donors (Lipinski definition) is 1. The summed E-state index contributed by atoms with van der Waals surface area (Å²) in [6, 6.07) is 8.36. The Balaban J connectivity index is 2.47. The fourth-order valence-electron chi connectivity index (χ4n) is 2.28. The smallest absolute Gasteiger partial charge is 0.307 e. The number of nitrogens with zero attached hydrogens (tertiary/aromatic N) is 1. The molecule has 1 atom stereocenters. The molecular weight excluding hydrogens is 252 g/mol. The zero-order chi connectivity index (χ0) is 15.0. The van der Waals surface area contributed by atoms with Crippen molar-refractivity contribution in [1.29, 1.82) is 0 Å². The van der Waals surface area contributed by atoms with Gasteiger partial charge in [-0.05, 0) is 44.5 Å². The lowest BCUT2D eigenvalue weighted by Crippen LogP contribution is -2.36. The van der Waals surface area contributed by atoms with Crippen LogP contribution in [0.4, 0.5) is 5.69 Å². The molecular formula is C16H26N2O2. The highest BCUT2D eigenvalue weighted by atomic mass is 16.5. The molecule has 0 heterocycles. The van der Waals surface area contributed by atoms with Crippen molar-refractivity contribution >= 4 is 11.7 Å². The van der Waals surface area contributed by atoms with Crippen LogP contribution in [0, 0.1) is 0 Å². The average molecular weight is 278 g/mol. The molecule has 0 aliphatic rings. The fraction of sp³-hybridized carbons (Fsp3) is 0.562. The molecule has 0 fully saturated rings. The summed E-state index contributed by atoms with van der Waals surface area (Å²) in [5.74, 6) is -0.120. The topological polar surface area (TPSA) is 55.6 Å². The van der Waals surface area contributed by atoms with Crippen molar-refractivity contribution in [3.8, 4) is 0 Å². The van der Waals surface area contributed by atoms with Crippen molar-refractivity contribution in [2.24, 2.45) is 0 Å². The van der Waals surface area contributed by atoms with Gasteiger partial charge in [-0.1, -0.05) is 19.1 Å². The molecule has 1 aromatic carbocycles. The summed E-state index contributed by atoms with van der Waals surface area (Å²) in [5, 5.41) is 0. The summed E-state index contributed by atoms with van der Waals surface area (Å²) in [6.07, 6.45) is 1.41. The van der Waals surface area contributed by atoms with Gasteiger partial charge in [0.15, 0.2) is 0 Å². The highest BCUT2D eigenvalue weighted by Crippen LogP contribution is 2.11. The quantitative estimate of drug-likeness (QED) is 0.586. The van der Waals surface area contributed by atoms with Gasteiger partial charge in [0, 0.05) is 18.3 Å². The van der Waals surface area contributed by atoms with Crippen LogP contribution in [-0.4, -0.2) is 36.6 Å². The van der Waals surface area contributed by atoms with Crippen molar-refractivity contribution < 1.29 is 9.53 Å². The number of benzene rings is 1. The van der Waals surface area contributed by atoms with Gasteiger partial charge in [0.1, 0.15) is 0 Å². The predicted octanol–water partition coefficient (Wildman–Crippen LogP) is 2.47. The Hall–Kier alpha value is -1.55. The normalized spacial score (nSPS) is 12.4. The molecule has 0 bridgehead atoms. The molecule has 0 spiro atoms. The van der Waals surface area contributed by atoms with Crippen molar-refractivity contribution in [3.05, 3.63) is 29.8 Å². The summed E-state index contributed by atoms with van der Waals surface area (Å²) >= 11 is 0. The van der Waals surface area contributed by atoms with Gasteiger partial charge in [-0.3, -0.25) is 4.79 Å². The van der Waals surface area contributed by atoms with Crippen molar-refractivity contribution in [3.63, 3.8) is 0 Å². The van der Waals surface area contributed by atoms with Gasteiger partial charge in [-0.25, -0.2) is 0 Å². The Labute approximate surface area is 121 Å². The van der Waals surface area contributed by atoms with Crippen LogP contribution in [0.2, 0.25) is 0 Å². The second kappa shape index (κ2) is 8.59. The van der Waals surface area contributed by atoms with Crippen LogP contribution in [-0.2, 0) is 16.0 Å². The molecule has 1 rings (SSSR count). The monoisotopic (exact) mass is 278 g/mol. The number of nitrogen functional groups attached to an aromatic ring is 1. The number of ether oxygens (including phenoxy) is 1. The number of carbonyl (C=O) groups excluding carboxylic acids is 1.